The van der Waals surface area contributed by atoms with Crippen molar-refractivity contribution in [1.82, 2.24) is 15.1 Å². The molecule has 1 aromatic heterocycles. The molecule has 9 heteroatoms. The monoisotopic (exact) mass is 333 g/mol. The summed E-state index contributed by atoms with van der Waals surface area (Å²) in [6.45, 7) is 1.44. The van der Waals surface area contributed by atoms with Gasteiger partial charge in [0.1, 0.15) is 6.54 Å². The fraction of sp³-hybridized carbons (Fsp3) is 0.714. The van der Waals surface area contributed by atoms with Crippen molar-refractivity contribution in [2.24, 2.45) is 0 Å². The number of aliphatic hydroxyl groups excluding tert-OH is 1. The van der Waals surface area contributed by atoms with Crippen molar-refractivity contribution in [2.75, 3.05) is 6.61 Å². The van der Waals surface area contributed by atoms with Gasteiger partial charge in [0, 0.05) is 17.7 Å². The Morgan fingerprint density at radius 1 is 1.52 bits per heavy atom. The molecule has 0 radical (unpaired) electrons. The van der Waals surface area contributed by atoms with E-state index in [4.69, 9.17) is 4.74 Å². The van der Waals surface area contributed by atoms with Gasteiger partial charge in [-0.3, -0.25) is 9.48 Å². The first-order chi connectivity index (χ1) is 10.7. The summed E-state index contributed by atoms with van der Waals surface area (Å²) >= 11 is 0. The highest BCUT2D eigenvalue weighted by Gasteiger charge is 2.48. The van der Waals surface area contributed by atoms with Crippen molar-refractivity contribution in [1.29, 1.82) is 0 Å². The Balaban J connectivity index is 1.80. The molecule has 1 atom stereocenters. The average molecular weight is 333 g/mol. The number of carbonyl (C=O) groups excluding carboxylic acids is 1. The van der Waals surface area contributed by atoms with Crippen LogP contribution in [0, 0.1) is 0 Å². The average Bonchev–Trinajstić information content (AvgIpc) is 3.14. The molecule has 2 aliphatic rings. The lowest BCUT2D eigenvalue weighted by atomic mass is 10.1. The van der Waals surface area contributed by atoms with Crippen molar-refractivity contribution in [3.8, 4) is 0 Å². The zero-order valence-corrected chi connectivity index (χ0v) is 12.6. The van der Waals surface area contributed by atoms with E-state index in [1.54, 1.807) is 6.92 Å². The number of fused-ring (bicyclic) bond motifs is 1. The minimum Gasteiger partial charge on any atom is -0.391 e. The molecule has 0 saturated heterocycles. The van der Waals surface area contributed by atoms with Gasteiger partial charge in [-0.1, -0.05) is 0 Å². The molecule has 1 aromatic rings. The summed E-state index contributed by atoms with van der Waals surface area (Å²) < 4.78 is 45.3. The second kappa shape index (κ2) is 5.48. The van der Waals surface area contributed by atoms with Crippen molar-refractivity contribution in [3.05, 3.63) is 17.0 Å². The van der Waals surface area contributed by atoms with Gasteiger partial charge in [-0.2, -0.15) is 18.3 Å². The van der Waals surface area contributed by atoms with Crippen LogP contribution >= 0.6 is 0 Å². The maximum atomic E-state index is 13.0. The lowest BCUT2D eigenvalue weighted by Gasteiger charge is -2.21. The molecule has 1 saturated carbocycles. The molecule has 2 heterocycles. The van der Waals surface area contributed by atoms with Crippen LogP contribution in [0.1, 0.15) is 36.7 Å². The molecule has 3 rings (SSSR count). The zero-order chi connectivity index (χ0) is 16.8. The molecule has 128 valence electrons. The van der Waals surface area contributed by atoms with Gasteiger partial charge in [-0.05, 0) is 19.8 Å². The molecule has 2 N–H and O–H groups in total. The zero-order valence-electron chi connectivity index (χ0n) is 12.6. The van der Waals surface area contributed by atoms with Crippen LogP contribution in [0.25, 0.3) is 0 Å². The van der Waals surface area contributed by atoms with Crippen LogP contribution < -0.4 is 5.32 Å². The van der Waals surface area contributed by atoms with Gasteiger partial charge < -0.3 is 15.2 Å². The number of nitrogens with one attached hydrogen (secondary N) is 1. The number of hydrogen-bond donors (Lipinski definition) is 2. The lowest BCUT2D eigenvalue weighted by molar-refractivity contribution is -0.143. The summed E-state index contributed by atoms with van der Waals surface area (Å²) in [6.07, 6.45) is -3.67. The Labute approximate surface area is 130 Å². The van der Waals surface area contributed by atoms with Crippen LogP contribution in [0.3, 0.4) is 0 Å². The van der Waals surface area contributed by atoms with Crippen molar-refractivity contribution in [2.45, 2.75) is 57.2 Å². The highest BCUT2D eigenvalue weighted by atomic mass is 19.4. The quantitative estimate of drug-likeness (QED) is 0.862. The van der Waals surface area contributed by atoms with E-state index in [-0.39, 0.29) is 25.1 Å². The van der Waals surface area contributed by atoms with Crippen LogP contribution in [-0.4, -0.2) is 39.0 Å². The first-order valence-corrected chi connectivity index (χ1v) is 7.45. The molecular weight excluding hydrogens is 315 g/mol. The summed E-state index contributed by atoms with van der Waals surface area (Å²) in [5, 5.41) is 16.0. The fourth-order valence-corrected chi connectivity index (χ4v) is 2.90. The van der Waals surface area contributed by atoms with E-state index in [9.17, 15) is 23.1 Å². The third kappa shape index (κ3) is 3.07. The molecular formula is C14H18F3N3O3. The third-order valence-electron chi connectivity index (χ3n) is 4.43. The Bertz CT molecular complexity index is 621. The minimum absolute atomic E-state index is 0.00760. The third-order valence-corrected chi connectivity index (χ3v) is 4.43. The van der Waals surface area contributed by atoms with Crippen molar-refractivity contribution in [3.63, 3.8) is 0 Å². The van der Waals surface area contributed by atoms with Gasteiger partial charge >= 0.3 is 6.18 Å². The van der Waals surface area contributed by atoms with Gasteiger partial charge in [0.25, 0.3) is 0 Å². The highest BCUT2D eigenvalue weighted by molar-refractivity contribution is 5.77. The maximum absolute atomic E-state index is 13.0. The van der Waals surface area contributed by atoms with Crippen LogP contribution in [0.2, 0.25) is 0 Å². The van der Waals surface area contributed by atoms with Gasteiger partial charge in [0.05, 0.1) is 24.9 Å². The predicted molar refractivity (Wildman–Crippen MR) is 72.4 cm³/mol. The van der Waals surface area contributed by atoms with E-state index in [1.807, 2.05) is 0 Å². The molecule has 1 unspecified atom stereocenters. The summed E-state index contributed by atoms with van der Waals surface area (Å²) in [6, 6.07) is 0. The maximum Gasteiger partial charge on any atom is 0.435 e. The number of rotatable bonds is 4. The van der Waals surface area contributed by atoms with Gasteiger partial charge in [0.15, 0.2) is 5.69 Å². The van der Waals surface area contributed by atoms with Gasteiger partial charge in [-0.15, -0.1) is 0 Å². The van der Waals surface area contributed by atoms with Gasteiger partial charge in [0.2, 0.25) is 5.91 Å². The van der Waals surface area contributed by atoms with Gasteiger partial charge in [-0.25, -0.2) is 0 Å². The van der Waals surface area contributed by atoms with Crippen molar-refractivity contribution >= 4 is 5.91 Å². The highest BCUT2D eigenvalue weighted by Crippen LogP contribution is 2.39. The number of amides is 1. The second-order valence-electron chi connectivity index (χ2n) is 6.11. The Kier molecular flexibility index (Phi) is 3.88. The number of carbonyl (C=O) groups is 1. The lowest BCUT2D eigenvalue weighted by Crippen LogP contribution is -2.45. The Morgan fingerprint density at radius 3 is 2.78 bits per heavy atom. The molecule has 1 aliphatic heterocycles. The molecule has 0 bridgehead atoms. The summed E-state index contributed by atoms with van der Waals surface area (Å²) in [5.41, 5.74) is -1.23. The Hall–Kier alpha value is -1.61. The predicted octanol–water partition coefficient (Wildman–Crippen LogP) is 1.00. The number of ether oxygens (including phenoxy) is 1. The van der Waals surface area contributed by atoms with Crippen LogP contribution in [0.15, 0.2) is 0 Å². The van der Waals surface area contributed by atoms with Crippen LogP contribution in [-0.2, 0) is 35.3 Å². The molecule has 23 heavy (non-hydrogen) atoms. The first-order valence-electron chi connectivity index (χ1n) is 7.45. The number of alkyl halides is 3. The van der Waals surface area contributed by atoms with E-state index in [2.05, 4.69) is 10.4 Å². The van der Waals surface area contributed by atoms with E-state index in [0.29, 0.717) is 25.1 Å². The number of hydrogen-bond acceptors (Lipinski definition) is 4. The molecule has 6 nitrogen and oxygen atoms in total. The summed E-state index contributed by atoms with van der Waals surface area (Å²) in [4.78, 5) is 12.1. The number of aliphatic hydroxyl groups is 1. The Morgan fingerprint density at radius 2 is 2.22 bits per heavy atom. The topological polar surface area (TPSA) is 76.4 Å². The largest absolute Gasteiger partial charge is 0.435 e. The smallest absolute Gasteiger partial charge is 0.391 e. The number of aromatic nitrogens is 2. The number of nitrogens with zero attached hydrogens (tertiary/aromatic N) is 2. The SMILES string of the molecule is CC(O)C1(NC(=O)Cn2nc(C(F)(F)F)c3c2CCOC3)CC1. The molecule has 0 aromatic carbocycles. The van der Waals surface area contributed by atoms with Crippen LogP contribution in [0.5, 0.6) is 0 Å². The van der Waals surface area contributed by atoms with E-state index < -0.39 is 29.4 Å². The fourth-order valence-electron chi connectivity index (χ4n) is 2.90. The molecule has 1 fully saturated rings. The molecule has 1 amide bonds. The summed E-state index contributed by atoms with van der Waals surface area (Å²) in [5.74, 6) is -0.450. The van der Waals surface area contributed by atoms with E-state index in [1.165, 1.54) is 0 Å². The van der Waals surface area contributed by atoms with E-state index in [0.717, 1.165) is 4.68 Å². The van der Waals surface area contributed by atoms with E-state index >= 15 is 0 Å². The normalized spacial score (nSPS) is 20.7. The first kappa shape index (κ1) is 16.3. The second-order valence-corrected chi connectivity index (χ2v) is 6.11. The van der Waals surface area contributed by atoms with Crippen molar-refractivity contribution < 1.29 is 27.8 Å². The minimum atomic E-state index is -4.58. The molecule has 1 aliphatic carbocycles. The summed E-state index contributed by atoms with van der Waals surface area (Å²) in [7, 11) is 0. The number of halogens is 3. The standard InChI is InChI=1S/C14H18F3N3O3/c1-8(21)13(3-4-13)18-11(22)6-20-10-2-5-23-7-9(10)12(19-20)14(15,16)17/h8,21H,2-7H2,1H3,(H,18,22). The molecule has 0 spiro atoms. The van der Waals surface area contributed by atoms with Crippen LogP contribution in [0.4, 0.5) is 13.2 Å².